The number of carbonyl (C=O) groups is 1. The first kappa shape index (κ1) is 15.8. The van der Waals surface area contributed by atoms with Crippen LogP contribution < -0.4 is 9.47 Å². The van der Waals surface area contributed by atoms with Crippen LogP contribution in [0.4, 0.5) is 0 Å². The van der Waals surface area contributed by atoms with Crippen molar-refractivity contribution in [1.82, 2.24) is 9.80 Å². The lowest BCUT2D eigenvalue weighted by Gasteiger charge is -2.13. The topological polar surface area (TPSA) is 42.0 Å². The number of benzene rings is 1. The van der Waals surface area contributed by atoms with E-state index in [4.69, 9.17) is 21.7 Å². The molecule has 0 aromatic heterocycles. The predicted octanol–water partition coefficient (Wildman–Crippen LogP) is 2.50. The first-order valence-electron chi connectivity index (χ1n) is 6.09. The van der Waals surface area contributed by atoms with Crippen molar-refractivity contribution in [2.45, 2.75) is 0 Å². The maximum atomic E-state index is 12.2. The lowest BCUT2D eigenvalue weighted by molar-refractivity contribution is -0.121. The van der Waals surface area contributed by atoms with Crippen molar-refractivity contribution in [3.8, 4) is 11.5 Å². The number of halogens is 1. The number of likely N-dealkylation sites (N-methyl/N-ethyl adjacent to an activating group) is 2. The zero-order chi connectivity index (χ0) is 15.7. The molecule has 0 bridgehead atoms. The lowest BCUT2D eigenvalue weighted by atomic mass is 10.1. The SMILES string of the molecule is COc1cc(OC)c(/C=C2/C(=O)N(C)C(=S)N2C)cc1Br. The standard InChI is InChI=1S/C14H15BrN2O3S/c1-16-10(13(18)17(2)14(16)21)6-8-5-9(15)12(20-4)7-11(8)19-3/h5-7H,1-4H3/b10-6-. The minimum Gasteiger partial charge on any atom is -0.496 e. The van der Waals surface area contributed by atoms with Gasteiger partial charge in [0.2, 0.25) is 0 Å². The molecule has 112 valence electrons. The van der Waals surface area contributed by atoms with Gasteiger partial charge in [-0.25, -0.2) is 0 Å². The summed E-state index contributed by atoms with van der Waals surface area (Å²) < 4.78 is 11.4. The largest absolute Gasteiger partial charge is 0.496 e. The average Bonchev–Trinajstić information content (AvgIpc) is 2.65. The van der Waals surface area contributed by atoms with E-state index in [1.165, 1.54) is 4.90 Å². The Bertz CT molecular complexity index is 645. The number of amides is 1. The van der Waals surface area contributed by atoms with Gasteiger partial charge in [-0.15, -0.1) is 0 Å². The van der Waals surface area contributed by atoms with E-state index in [0.717, 1.165) is 10.0 Å². The van der Waals surface area contributed by atoms with Gasteiger partial charge in [0.1, 0.15) is 17.2 Å². The zero-order valence-corrected chi connectivity index (χ0v) is 14.5. The molecule has 1 aromatic carbocycles. The van der Waals surface area contributed by atoms with Gasteiger partial charge in [-0.1, -0.05) is 0 Å². The van der Waals surface area contributed by atoms with Crippen molar-refractivity contribution in [2.24, 2.45) is 0 Å². The summed E-state index contributed by atoms with van der Waals surface area (Å²) in [7, 11) is 6.57. The van der Waals surface area contributed by atoms with Gasteiger partial charge >= 0.3 is 0 Å². The molecule has 5 nitrogen and oxygen atoms in total. The van der Waals surface area contributed by atoms with Crippen LogP contribution in [0.3, 0.4) is 0 Å². The summed E-state index contributed by atoms with van der Waals surface area (Å²) in [5, 5.41) is 0.470. The van der Waals surface area contributed by atoms with Gasteiger partial charge in [-0.3, -0.25) is 9.69 Å². The van der Waals surface area contributed by atoms with Crippen molar-refractivity contribution in [2.75, 3.05) is 28.3 Å². The highest BCUT2D eigenvalue weighted by Gasteiger charge is 2.33. The Kier molecular flexibility index (Phi) is 4.53. The van der Waals surface area contributed by atoms with Crippen LogP contribution in [0.25, 0.3) is 6.08 Å². The van der Waals surface area contributed by atoms with E-state index >= 15 is 0 Å². The summed E-state index contributed by atoms with van der Waals surface area (Å²) >= 11 is 8.62. The van der Waals surface area contributed by atoms with Gasteiger partial charge in [0.05, 0.1) is 18.7 Å². The van der Waals surface area contributed by atoms with Crippen LogP contribution in [-0.4, -0.2) is 49.1 Å². The zero-order valence-electron chi connectivity index (χ0n) is 12.1. The van der Waals surface area contributed by atoms with E-state index < -0.39 is 0 Å². The molecule has 1 saturated heterocycles. The molecule has 0 N–H and O–H groups in total. The minimum absolute atomic E-state index is 0.142. The molecule has 0 saturated carbocycles. The second kappa shape index (κ2) is 6.03. The van der Waals surface area contributed by atoms with Gasteiger partial charge in [0, 0.05) is 25.7 Å². The number of hydrogen-bond donors (Lipinski definition) is 0. The molecule has 1 amide bonds. The smallest absolute Gasteiger partial charge is 0.276 e. The monoisotopic (exact) mass is 370 g/mol. The Labute approximate surface area is 137 Å². The van der Waals surface area contributed by atoms with Crippen LogP contribution in [0.15, 0.2) is 22.3 Å². The van der Waals surface area contributed by atoms with E-state index in [1.807, 2.05) is 6.07 Å². The second-order valence-corrected chi connectivity index (χ2v) is 5.68. The van der Waals surface area contributed by atoms with Crippen LogP contribution >= 0.6 is 28.1 Å². The Hall–Kier alpha value is -1.60. The third-order valence-electron chi connectivity index (χ3n) is 3.26. The lowest BCUT2D eigenvalue weighted by Crippen LogP contribution is -2.26. The molecule has 1 heterocycles. The van der Waals surface area contributed by atoms with Gasteiger partial charge in [-0.05, 0) is 40.3 Å². The van der Waals surface area contributed by atoms with Gasteiger partial charge in [-0.2, -0.15) is 0 Å². The Morgan fingerprint density at radius 2 is 1.76 bits per heavy atom. The molecule has 0 spiro atoms. The number of ether oxygens (including phenoxy) is 2. The summed E-state index contributed by atoms with van der Waals surface area (Å²) in [5.41, 5.74) is 1.26. The Morgan fingerprint density at radius 1 is 1.14 bits per heavy atom. The van der Waals surface area contributed by atoms with E-state index in [9.17, 15) is 4.79 Å². The maximum absolute atomic E-state index is 12.2. The van der Waals surface area contributed by atoms with E-state index in [2.05, 4.69) is 15.9 Å². The molecule has 2 rings (SSSR count). The number of methoxy groups -OCH3 is 2. The van der Waals surface area contributed by atoms with Crippen molar-refractivity contribution in [3.05, 3.63) is 27.9 Å². The Balaban J connectivity index is 2.52. The average molecular weight is 371 g/mol. The fourth-order valence-corrected chi connectivity index (χ4v) is 2.74. The molecule has 0 atom stereocenters. The molecule has 1 aromatic rings. The fourth-order valence-electron chi connectivity index (χ4n) is 2.03. The van der Waals surface area contributed by atoms with Crippen LogP contribution in [0.2, 0.25) is 0 Å². The molecule has 7 heteroatoms. The summed E-state index contributed by atoms with van der Waals surface area (Å²) in [4.78, 5) is 15.3. The molecule has 0 unspecified atom stereocenters. The molecular weight excluding hydrogens is 356 g/mol. The number of rotatable bonds is 3. The first-order chi connectivity index (χ1) is 9.90. The fraction of sp³-hybridized carbons (Fsp3) is 0.286. The summed E-state index contributed by atoms with van der Waals surface area (Å²) in [6.45, 7) is 0. The van der Waals surface area contributed by atoms with Crippen LogP contribution in [0, 0.1) is 0 Å². The van der Waals surface area contributed by atoms with Gasteiger partial charge < -0.3 is 14.4 Å². The van der Waals surface area contributed by atoms with Crippen molar-refractivity contribution in [3.63, 3.8) is 0 Å². The van der Waals surface area contributed by atoms with Gasteiger partial charge in [0.15, 0.2) is 5.11 Å². The van der Waals surface area contributed by atoms with Gasteiger partial charge in [0.25, 0.3) is 5.91 Å². The van der Waals surface area contributed by atoms with Crippen LogP contribution in [-0.2, 0) is 4.79 Å². The number of thiocarbonyl (C=S) groups is 1. The molecule has 1 aliphatic heterocycles. The number of hydrogen-bond acceptors (Lipinski definition) is 4. The quantitative estimate of drug-likeness (QED) is 0.603. The van der Waals surface area contributed by atoms with E-state index in [-0.39, 0.29) is 5.91 Å². The van der Waals surface area contributed by atoms with E-state index in [1.54, 1.807) is 45.4 Å². The highest BCUT2D eigenvalue weighted by Crippen LogP contribution is 2.34. The molecule has 21 heavy (non-hydrogen) atoms. The number of carbonyl (C=O) groups excluding carboxylic acids is 1. The summed E-state index contributed by atoms with van der Waals surface area (Å²) in [5.74, 6) is 1.13. The highest BCUT2D eigenvalue weighted by molar-refractivity contribution is 9.10. The van der Waals surface area contributed by atoms with E-state index in [0.29, 0.717) is 22.3 Å². The molecule has 0 aliphatic carbocycles. The third-order valence-corrected chi connectivity index (χ3v) is 4.42. The minimum atomic E-state index is -0.142. The second-order valence-electron chi connectivity index (χ2n) is 4.46. The van der Waals surface area contributed by atoms with Crippen molar-refractivity contribution in [1.29, 1.82) is 0 Å². The summed E-state index contributed by atoms with van der Waals surface area (Å²) in [6.07, 6.45) is 1.75. The van der Waals surface area contributed by atoms with Crippen LogP contribution in [0.5, 0.6) is 11.5 Å². The molecule has 1 aliphatic rings. The predicted molar refractivity (Wildman–Crippen MR) is 88.4 cm³/mol. The Morgan fingerprint density at radius 3 is 2.24 bits per heavy atom. The highest BCUT2D eigenvalue weighted by atomic mass is 79.9. The molecular formula is C14H15BrN2O3S. The summed E-state index contributed by atoms with van der Waals surface area (Å²) in [6, 6.07) is 3.60. The van der Waals surface area contributed by atoms with Crippen LogP contribution in [0.1, 0.15) is 5.56 Å². The molecule has 0 radical (unpaired) electrons. The maximum Gasteiger partial charge on any atom is 0.276 e. The molecule has 1 fully saturated rings. The normalized spacial score (nSPS) is 16.9. The third kappa shape index (κ3) is 2.75. The van der Waals surface area contributed by atoms with Crippen molar-refractivity contribution < 1.29 is 14.3 Å². The first-order valence-corrected chi connectivity index (χ1v) is 7.29. The van der Waals surface area contributed by atoms with Crippen molar-refractivity contribution >= 4 is 45.2 Å². The number of nitrogens with zero attached hydrogens (tertiary/aromatic N) is 2.